The molecule has 1 aromatic carbocycles. The summed E-state index contributed by atoms with van der Waals surface area (Å²) in [6.07, 6.45) is 1.56. The Morgan fingerprint density at radius 1 is 1.33 bits per heavy atom. The second-order valence-electron chi connectivity index (χ2n) is 4.43. The van der Waals surface area contributed by atoms with E-state index in [0.717, 1.165) is 5.03 Å². The molecular weight excluding hydrogens is 308 g/mol. The smallest absolute Gasteiger partial charge is 0.331 e. The third kappa shape index (κ3) is 3.75. The first-order valence-electron chi connectivity index (χ1n) is 6.23. The molecule has 2 N–H and O–H groups in total. The van der Waals surface area contributed by atoms with Gasteiger partial charge in [0, 0.05) is 11.9 Å². The highest BCUT2D eigenvalue weighted by Gasteiger charge is 2.37. The second-order valence-corrected chi connectivity index (χ2v) is 5.86. The number of thioether (sulfide) groups is 1. The van der Waals surface area contributed by atoms with Gasteiger partial charge in [0.15, 0.2) is 0 Å². The van der Waals surface area contributed by atoms with Crippen LogP contribution in [0.25, 0.3) is 0 Å². The van der Waals surface area contributed by atoms with Gasteiger partial charge in [0.1, 0.15) is 5.54 Å². The molecule has 0 fully saturated rings. The molecule has 1 heterocycles. The normalized spacial score (nSPS) is 13.5. The summed E-state index contributed by atoms with van der Waals surface area (Å²) in [4.78, 5) is 16.3. The van der Waals surface area contributed by atoms with E-state index in [1.165, 1.54) is 18.9 Å². The van der Waals surface area contributed by atoms with Crippen LogP contribution in [0.2, 0.25) is 5.02 Å². The zero-order valence-electron chi connectivity index (χ0n) is 11.5. The summed E-state index contributed by atoms with van der Waals surface area (Å²) >= 11 is 7.18. The van der Waals surface area contributed by atoms with Crippen molar-refractivity contribution < 1.29 is 9.53 Å². The zero-order valence-corrected chi connectivity index (χ0v) is 13.0. The number of nitrogens with zero attached hydrogens (tertiary/aromatic N) is 1. The van der Waals surface area contributed by atoms with Gasteiger partial charge >= 0.3 is 5.97 Å². The lowest BCUT2D eigenvalue weighted by atomic mass is 9.93. The molecule has 0 radical (unpaired) electrons. The van der Waals surface area contributed by atoms with E-state index in [2.05, 4.69) is 4.98 Å². The molecule has 0 saturated heterocycles. The van der Waals surface area contributed by atoms with Crippen LogP contribution in [0.3, 0.4) is 0 Å². The molecular formula is C15H15ClN2O2S. The van der Waals surface area contributed by atoms with E-state index in [1.807, 2.05) is 30.3 Å². The Morgan fingerprint density at radius 3 is 2.62 bits per heavy atom. The molecule has 0 spiro atoms. The van der Waals surface area contributed by atoms with Crippen LogP contribution in [0.1, 0.15) is 5.56 Å². The Kier molecular flexibility index (Phi) is 5.22. The summed E-state index contributed by atoms with van der Waals surface area (Å²) in [6, 6.07) is 12.7. The first-order chi connectivity index (χ1) is 10.1. The number of halogens is 1. The Bertz CT molecular complexity index is 607. The number of nitrogens with two attached hydrogens (primary N) is 1. The van der Waals surface area contributed by atoms with E-state index in [0.29, 0.717) is 16.3 Å². The molecule has 2 aromatic rings. The van der Waals surface area contributed by atoms with Crippen molar-refractivity contribution in [1.82, 2.24) is 4.98 Å². The minimum absolute atomic E-state index is 0.318. The number of ether oxygens (including phenoxy) is 1. The predicted molar refractivity (Wildman–Crippen MR) is 84.3 cm³/mol. The molecule has 0 amide bonds. The van der Waals surface area contributed by atoms with Gasteiger partial charge in [0.2, 0.25) is 0 Å². The lowest BCUT2D eigenvalue weighted by Crippen LogP contribution is -2.48. The van der Waals surface area contributed by atoms with E-state index in [4.69, 9.17) is 22.1 Å². The third-order valence-electron chi connectivity index (χ3n) is 2.99. The number of esters is 1. The number of hydrogen-bond acceptors (Lipinski definition) is 5. The minimum Gasteiger partial charge on any atom is -0.467 e. The van der Waals surface area contributed by atoms with Gasteiger partial charge in [-0.05, 0) is 17.7 Å². The van der Waals surface area contributed by atoms with E-state index in [1.54, 1.807) is 18.3 Å². The topological polar surface area (TPSA) is 65.2 Å². The van der Waals surface area contributed by atoms with Crippen molar-refractivity contribution in [3.05, 3.63) is 59.2 Å². The van der Waals surface area contributed by atoms with Crippen LogP contribution >= 0.6 is 23.4 Å². The molecule has 2 rings (SSSR count). The van der Waals surface area contributed by atoms with Crippen molar-refractivity contribution in [3.63, 3.8) is 0 Å². The van der Waals surface area contributed by atoms with Crippen molar-refractivity contribution in [3.8, 4) is 0 Å². The van der Waals surface area contributed by atoms with Crippen LogP contribution in [-0.2, 0) is 15.1 Å². The molecule has 0 aliphatic carbocycles. The molecule has 1 unspecified atom stereocenters. The lowest BCUT2D eigenvalue weighted by molar-refractivity contribution is -0.146. The first-order valence-corrected chi connectivity index (χ1v) is 7.60. The molecule has 4 nitrogen and oxygen atoms in total. The average Bonchev–Trinajstić information content (AvgIpc) is 2.54. The van der Waals surface area contributed by atoms with E-state index >= 15 is 0 Å². The fourth-order valence-corrected chi connectivity index (χ4v) is 2.88. The number of rotatable bonds is 5. The maximum atomic E-state index is 12.1. The first kappa shape index (κ1) is 15.8. The minimum atomic E-state index is -1.22. The van der Waals surface area contributed by atoms with Crippen LogP contribution in [0, 0.1) is 0 Å². The van der Waals surface area contributed by atoms with Gasteiger partial charge in [-0.1, -0.05) is 41.9 Å². The lowest BCUT2D eigenvalue weighted by Gasteiger charge is -2.26. The monoisotopic (exact) mass is 322 g/mol. The average molecular weight is 323 g/mol. The summed E-state index contributed by atoms with van der Waals surface area (Å²) < 4.78 is 4.86. The number of hydrogen-bond donors (Lipinski definition) is 1. The Morgan fingerprint density at radius 2 is 2.05 bits per heavy atom. The van der Waals surface area contributed by atoms with Crippen molar-refractivity contribution >= 4 is 29.3 Å². The van der Waals surface area contributed by atoms with Crippen molar-refractivity contribution in [2.75, 3.05) is 12.9 Å². The third-order valence-corrected chi connectivity index (χ3v) is 4.35. The van der Waals surface area contributed by atoms with Gasteiger partial charge in [-0.15, -0.1) is 11.8 Å². The highest BCUT2D eigenvalue weighted by Crippen LogP contribution is 2.28. The highest BCUT2D eigenvalue weighted by molar-refractivity contribution is 7.99. The molecule has 1 atom stereocenters. The van der Waals surface area contributed by atoms with Crippen LogP contribution in [0.4, 0.5) is 0 Å². The van der Waals surface area contributed by atoms with Crippen LogP contribution in [0.15, 0.2) is 53.7 Å². The Labute approximate surface area is 132 Å². The summed E-state index contributed by atoms with van der Waals surface area (Å²) in [5.74, 6) is -0.159. The fourth-order valence-electron chi connectivity index (χ4n) is 1.81. The maximum absolute atomic E-state index is 12.1. The Hall–Kier alpha value is -1.56. The van der Waals surface area contributed by atoms with Gasteiger partial charge in [-0.2, -0.15) is 0 Å². The second kappa shape index (κ2) is 6.93. The highest BCUT2D eigenvalue weighted by atomic mass is 35.5. The van der Waals surface area contributed by atoms with Gasteiger partial charge in [-0.25, -0.2) is 9.78 Å². The van der Waals surface area contributed by atoms with Crippen molar-refractivity contribution in [2.24, 2.45) is 5.73 Å². The summed E-state index contributed by atoms with van der Waals surface area (Å²) in [6.45, 7) is 0. The quantitative estimate of drug-likeness (QED) is 0.677. The number of carbonyl (C=O) groups excluding carboxylic acids is 1. The molecule has 0 bridgehead atoms. The molecule has 0 saturated carbocycles. The molecule has 21 heavy (non-hydrogen) atoms. The number of aromatic nitrogens is 1. The van der Waals surface area contributed by atoms with Gasteiger partial charge in [-0.3, -0.25) is 0 Å². The molecule has 0 aliphatic rings. The molecule has 1 aromatic heterocycles. The zero-order chi connectivity index (χ0) is 15.3. The van der Waals surface area contributed by atoms with E-state index in [9.17, 15) is 4.79 Å². The van der Waals surface area contributed by atoms with Crippen molar-refractivity contribution in [1.29, 1.82) is 0 Å². The molecule has 0 aliphatic heterocycles. The SMILES string of the molecule is COC(=O)C(N)(CSc1ccc(Cl)cn1)c1ccccc1. The number of benzene rings is 1. The largest absolute Gasteiger partial charge is 0.467 e. The van der Waals surface area contributed by atoms with Gasteiger partial charge in [0.05, 0.1) is 17.2 Å². The number of methoxy groups -OCH3 is 1. The molecule has 110 valence electrons. The van der Waals surface area contributed by atoms with Gasteiger partial charge in [0.25, 0.3) is 0 Å². The standard InChI is InChI=1S/C15H15ClN2O2S/c1-20-14(19)15(17,11-5-3-2-4-6-11)10-21-13-8-7-12(16)9-18-13/h2-9H,10,17H2,1H3. The maximum Gasteiger partial charge on any atom is 0.331 e. The van der Waals surface area contributed by atoms with E-state index in [-0.39, 0.29) is 0 Å². The number of carbonyl (C=O) groups is 1. The van der Waals surface area contributed by atoms with Crippen LogP contribution in [0.5, 0.6) is 0 Å². The predicted octanol–water partition coefficient (Wildman–Crippen LogP) is 2.85. The molecule has 6 heteroatoms. The van der Waals surface area contributed by atoms with Crippen LogP contribution in [-0.4, -0.2) is 23.8 Å². The summed E-state index contributed by atoms with van der Waals surface area (Å²) in [5, 5.41) is 1.31. The summed E-state index contributed by atoms with van der Waals surface area (Å²) in [5.41, 5.74) is 5.79. The van der Waals surface area contributed by atoms with Crippen LogP contribution < -0.4 is 5.73 Å². The Balaban J connectivity index is 2.21. The van der Waals surface area contributed by atoms with Crippen molar-refractivity contribution in [2.45, 2.75) is 10.6 Å². The number of pyridine rings is 1. The van der Waals surface area contributed by atoms with E-state index < -0.39 is 11.5 Å². The summed E-state index contributed by atoms with van der Waals surface area (Å²) in [7, 11) is 1.33. The fraction of sp³-hybridized carbons (Fsp3) is 0.200. The van der Waals surface area contributed by atoms with Gasteiger partial charge < -0.3 is 10.5 Å².